The van der Waals surface area contributed by atoms with E-state index in [1.165, 1.54) is 11.8 Å². The molecule has 6 nitrogen and oxygen atoms in total. The molecular weight excluding hydrogens is 501 g/mol. The molecule has 0 radical (unpaired) electrons. The molecule has 1 fully saturated rings. The summed E-state index contributed by atoms with van der Waals surface area (Å²) in [4.78, 5) is 28.3. The van der Waals surface area contributed by atoms with E-state index >= 15 is 0 Å². The van der Waals surface area contributed by atoms with Crippen molar-refractivity contribution in [3.8, 4) is 16.9 Å². The van der Waals surface area contributed by atoms with Crippen molar-refractivity contribution >= 4 is 23.6 Å². The number of ether oxygens (including phenoxy) is 1. The fourth-order valence-corrected chi connectivity index (χ4v) is 5.37. The molecule has 2 N–H and O–H groups in total. The topological polar surface area (TPSA) is 70.7 Å². The summed E-state index contributed by atoms with van der Waals surface area (Å²) < 4.78 is 20.9. The van der Waals surface area contributed by atoms with Crippen LogP contribution in [0.25, 0.3) is 11.1 Å². The van der Waals surface area contributed by atoms with Gasteiger partial charge in [0.15, 0.2) is 0 Å². The van der Waals surface area contributed by atoms with E-state index in [2.05, 4.69) is 10.6 Å². The van der Waals surface area contributed by atoms with E-state index in [-0.39, 0.29) is 17.6 Å². The number of thioether (sulfide) groups is 1. The highest BCUT2D eigenvalue weighted by molar-refractivity contribution is 7.98. The van der Waals surface area contributed by atoms with E-state index in [0.717, 1.165) is 35.5 Å². The monoisotopic (exact) mass is 533 g/mol. The molecule has 8 heteroatoms. The molecule has 38 heavy (non-hydrogen) atoms. The lowest BCUT2D eigenvalue weighted by atomic mass is 10.00. The first kappa shape index (κ1) is 26.3. The zero-order valence-corrected chi connectivity index (χ0v) is 22.5. The van der Waals surface area contributed by atoms with E-state index < -0.39 is 0 Å². The third-order valence-corrected chi connectivity index (χ3v) is 7.99. The Balaban J connectivity index is 1.33. The lowest BCUT2D eigenvalue weighted by Crippen LogP contribution is -2.48. The molecule has 0 saturated carbocycles. The van der Waals surface area contributed by atoms with Crippen LogP contribution in [0.2, 0.25) is 0 Å². The molecule has 2 aliphatic rings. The van der Waals surface area contributed by atoms with Gasteiger partial charge in [0.1, 0.15) is 18.2 Å². The fourth-order valence-electron chi connectivity index (χ4n) is 4.87. The largest absolute Gasteiger partial charge is 0.491 e. The standard InChI is InChI=1S/C30H32FN3O3S/c1-3-24-25(9-11-27(38-2)28(24)31)30(36)34-12-13-37-26-10-8-22(14-23(26)18-34)20-4-6-21(7-5-20)29(35)33-17-19-15-32-16-19/h4-11,14,19,32H,3,12-13,15-18H2,1-2H3,(H,33,35). The lowest BCUT2D eigenvalue weighted by Gasteiger charge is -2.27. The Bertz CT molecular complexity index is 1340. The highest BCUT2D eigenvalue weighted by atomic mass is 32.2. The van der Waals surface area contributed by atoms with Crippen LogP contribution in [0.4, 0.5) is 4.39 Å². The minimum Gasteiger partial charge on any atom is -0.491 e. The maximum absolute atomic E-state index is 15.0. The van der Waals surface area contributed by atoms with Crippen molar-refractivity contribution in [2.24, 2.45) is 5.92 Å². The van der Waals surface area contributed by atoms with Gasteiger partial charge < -0.3 is 20.3 Å². The second-order valence-electron chi connectivity index (χ2n) is 9.67. The summed E-state index contributed by atoms with van der Waals surface area (Å²) in [6.45, 7) is 5.60. The van der Waals surface area contributed by atoms with Gasteiger partial charge >= 0.3 is 0 Å². The van der Waals surface area contributed by atoms with Gasteiger partial charge in [-0.25, -0.2) is 4.39 Å². The molecule has 0 spiro atoms. The van der Waals surface area contributed by atoms with E-state index in [4.69, 9.17) is 4.74 Å². The Morgan fingerprint density at radius 2 is 1.87 bits per heavy atom. The Kier molecular flexibility index (Phi) is 8.00. The van der Waals surface area contributed by atoms with E-state index in [1.54, 1.807) is 17.0 Å². The number of nitrogens with one attached hydrogen (secondary N) is 2. The van der Waals surface area contributed by atoms with Crippen molar-refractivity contribution in [1.82, 2.24) is 15.5 Å². The molecular formula is C30H32FN3O3S. The normalized spacial score (nSPS) is 15.2. The molecule has 2 aliphatic heterocycles. The summed E-state index contributed by atoms with van der Waals surface area (Å²) in [5, 5.41) is 6.20. The Morgan fingerprint density at radius 3 is 2.55 bits per heavy atom. The highest BCUT2D eigenvalue weighted by Gasteiger charge is 2.25. The van der Waals surface area contributed by atoms with Gasteiger partial charge in [-0.2, -0.15) is 0 Å². The van der Waals surface area contributed by atoms with Crippen molar-refractivity contribution in [3.63, 3.8) is 0 Å². The van der Waals surface area contributed by atoms with Gasteiger partial charge in [0, 0.05) is 59.2 Å². The number of amides is 2. The van der Waals surface area contributed by atoms with Gasteiger partial charge in [-0.15, -0.1) is 11.8 Å². The fraction of sp³-hybridized carbons (Fsp3) is 0.333. The number of hydrogen-bond acceptors (Lipinski definition) is 5. The molecule has 3 aromatic carbocycles. The predicted molar refractivity (Wildman–Crippen MR) is 148 cm³/mol. The van der Waals surface area contributed by atoms with E-state index in [0.29, 0.717) is 60.2 Å². The number of nitrogens with zero attached hydrogens (tertiary/aromatic N) is 1. The number of carbonyl (C=O) groups excluding carboxylic acids is 2. The Morgan fingerprint density at radius 1 is 1.11 bits per heavy atom. The number of hydrogen-bond donors (Lipinski definition) is 2. The summed E-state index contributed by atoms with van der Waals surface area (Å²) in [6.07, 6.45) is 2.27. The summed E-state index contributed by atoms with van der Waals surface area (Å²) in [6, 6.07) is 16.9. The summed E-state index contributed by atoms with van der Waals surface area (Å²) in [7, 11) is 0. The average molecular weight is 534 g/mol. The Hall–Kier alpha value is -3.36. The minimum atomic E-state index is -0.309. The second kappa shape index (κ2) is 11.6. The first-order valence-corrected chi connectivity index (χ1v) is 14.2. The van der Waals surface area contributed by atoms with Gasteiger partial charge in [0.25, 0.3) is 11.8 Å². The molecule has 0 bridgehead atoms. The number of rotatable bonds is 7. The van der Waals surface area contributed by atoms with Crippen LogP contribution in [0.1, 0.15) is 38.8 Å². The zero-order chi connectivity index (χ0) is 26.6. The lowest BCUT2D eigenvalue weighted by molar-refractivity contribution is 0.0731. The second-order valence-corrected chi connectivity index (χ2v) is 10.5. The van der Waals surface area contributed by atoms with E-state index in [9.17, 15) is 14.0 Å². The summed E-state index contributed by atoms with van der Waals surface area (Å²) in [5.41, 5.74) is 4.32. The molecule has 0 unspecified atom stereocenters. The van der Waals surface area contributed by atoms with Crippen molar-refractivity contribution in [2.75, 3.05) is 39.0 Å². The smallest absolute Gasteiger partial charge is 0.254 e. The number of halogens is 1. The van der Waals surface area contributed by atoms with Gasteiger partial charge in [0.2, 0.25) is 0 Å². The third kappa shape index (κ3) is 5.42. The third-order valence-electron chi connectivity index (χ3n) is 7.24. The molecule has 3 aromatic rings. The quantitative estimate of drug-likeness (QED) is 0.429. The first-order valence-electron chi connectivity index (χ1n) is 13.0. The van der Waals surface area contributed by atoms with E-state index in [1.807, 2.05) is 55.6 Å². The van der Waals surface area contributed by atoms with Crippen LogP contribution in [0.3, 0.4) is 0 Å². The zero-order valence-electron chi connectivity index (χ0n) is 21.7. The molecule has 0 atom stereocenters. The van der Waals surface area contributed by atoms with Crippen LogP contribution in [0.5, 0.6) is 5.75 Å². The number of fused-ring (bicyclic) bond motifs is 1. The predicted octanol–water partition coefficient (Wildman–Crippen LogP) is 4.76. The van der Waals surface area contributed by atoms with Crippen LogP contribution in [0, 0.1) is 11.7 Å². The van der Waals surface area contributed by atoms with Crippen LogP contribution in [0.15, 0.2) is 59.5 Å². The molecule has 198 valence electrons. The van der Waals surface area contributed by atoms with Crippen LogP contribution in [-0.2, 0) is 13.0 Å². The van der Waals surface area contributed by atoms with Crippen LogP contribution in [-0.4, -0.2) is 55.8 Å². The van der Waals surface area contributed by atoms with Gasteiger partial charge in [-0.1, -0.05) is 25.1 Å². The maximum Gasteiger partial charge on any atom is 0.254 e. The SMILES string of the molecule is CCc1c(C(=O)N2CCOc3ccc(-c4ccc(C(=O)NCC5CNC5)cc4)cc3C2)ccc(SC)c1F. The molecule has 5 rings (SSSR count). The molecule has 2 heterocycles. The highest BCUT2D eigenvalue weighted by Crippen LogP contribution is 2.31. The van der Waals surface area contributed by atoms with Crippen molar-refractivity contribution in [2.45, 2.75) is 24.8 Å². The average Bonchev–Trinajstić information content (AvgIpc) is 3.13. The summed E-state index contributed by atoms with van der Waals surface area (Å²) in [5.74, 6) is 0.681. The van der Waals surface area contributed by atoms with Crippen LogP contribution >= 0.6 is 11.8 Å². The van der Waals surface area contributed by atoms with Crippen molar-refractivity contribution in [3.05, 3.63) is 82.7 Å². The first-order chi connectivity index (χ1) is 18.5. The Labute approximate surface area is 226 Å². The van der Waals surface area contributed by atoms with Crippen LogP contribution < -0.4 is 15.4 Å². The molecule has 1 saturated heterocycles. The van der Waals surface area contributed by atoms with Gasteiger partial charge in [-0.3, -0.25) is 9.59 Å². The van der Waals surface area contributed by atoms with Gasteiger partial charge in [0.05, 0.1) is 6.54 Å². The minimum absolute atomic E-state index is 0.0682. The number of carbonyl (C=O) groups is 2. The van der Waals surface area contributed by atoms with Gasteiger partial charge in [-0.05, 0) is 60.2 Å². The molecule has 0 aromatic heterocycles. The van der Waals surface area contributed by atoms with Crippen molar-refractivity contribution < 1.29 is 18.7 Å². The summed E-state index contributed by atoms with van der Waals surface area (Å²) >= 11 is 1.34. The van der Waals surface area contributed by atoms with Crippen molar-refractivity contribution in [1.29, 1.82) is 0 Å². The number of benzene rings is 3. The molecule has 2 amide bonds. The molecule has 0 aliphatic carbocycles. The maximum atomic E-state index is 15.0.